The normalized spacial score (nSPS) is 16.3. The molecule has 0 bridgehead atoms. The molecule has 0 aliphatic heterocycles. The molecule has 0 fully saturated rings. The van der Waals surface area contributed by atoms with Gasteiger partial charge in [0.2, 0.25) is 23.6 Å². The predicted octanol–water partition coefficient (Wildman–Crippen LogP) is 6.59. The molecule has 0 radical (unpaired) electrons. The Morgan fingerprint density at radius 2 is 1.03 bits per heavy atom. The van der Waals surface area contributed by atoms with E-state index >= 15 is 0 Å². The first-order chi connectivity index (χ1) is 38.9. The number of benzene rings is 2. The van der Waals surface area contributed by atoms with Crippen molar-refractivity contribution in [3.05, 3.63) is 47.5 Å². The van der Waals surface area contributed by atoms with Gasteiger partial charge in [0.1, 0.15) is 0 Å². The number of methoxy groups -OCH3 is 4. The molecule has 0 spiro atoms. The first-order valence-corrected chi connectivity index (χ1v) is 27.6. The Hall–Kier alpha value is -4.72. The van der Waals surface area contributed by atoms with Crippen molar-refractivity contribution in [1.29, 1.82) is 0 Å². The molecule has 18 nitrogen and oxygen atoms in total. The number of aliphatic hydroxyl groups is 2. The number of carbonyl (C=O) groups excluding carboxylic acids is 4. The molecule has 0 heterocycles. The minimum Gasteiger partial charge on any atom is -0.493 e. The molecular formula is C60H106N6O12. The van der Waals surface area contributed by atoms with E-state index in [1.54, 1.807) is 54.0 Å². The van der Waals surface area contributed by atoms with Gasteiger partial charge >= 0.3 is 0 Å². The van der Waals surface area contributed by atoms with Crippen LogP contribution in [0.2, 0.25) is 0 Å². The quantitative estimate of drug-likeness (QED) is 0.0330. The standard InChI is InChI=1S/2C30H53N3O6/c2*1-19(2)22(14-21-10-11-26(38-8)27(15-21)39-13-9-12-37-7)16-24(31)25(34)17-23(20(3)4)28(35)33-18-30(5,6)29(32)36/h2*10-11,15,19-20,22-25,34H,9,12-14,16-18,31H2,1-8H3,(H2,32,36)(H,33,35)/t2*22-,23-,24-,25-/m00/s1/i10D,11D,15D;8D3. The summed E-state index contributed by atoms with van der Waals surface area (Å²) in [5.74, 6) is -1.76. The second kappa shape index (κ2) is 35.8. The molecule has 12 N–H and O–H groups in total. The van der Waals surface area contributed by atoms with Gasteiger partial charge in [-0.05, 0) is 137 Å². The number of amides is 4. The van der Waals surface area contributed by atoms with Gasteiger partial charge in [0.05, 0.1) is 58.6 Å². The van der Waals surface area contributed by atoms with Crippen LogP contribution >= 0.6 is 0 Å². The largest absolute Gasteiger partial charge is 0.493 e. The molecule has 2 rings (SSSR count). The summed E-state index contributed by atoms with van der Waals surface area (Å²) in [6, 6.07) is 3.71. The number of nitrogens with two attached hydrogens (primary N) is 4. The van der Waals surface area contributed by atoms with Crippen molar-refractivity contribution in [2.45, 2.75) is 159 Å². The second-order valence-electron chi connectivity index (χ2n) is 23.4. The average molecular weight is 1110 g/mol. The summed E-state index contributed by atoms with van der Waals surface area (Å²) < 4.78 is 80.6. The number of hydrogen-bond donors (Lipinski definition) is 8. The Kier molecular flexibility index (Phi) is 28.0. The Bertz CT molecular complexity index is 2340. The molecule has 8 atom stereocenters. The van der Waals surface area contributed by atoms with E-state index in [1.807, 2.05) is 47.6 Å². The summed E-state index contributed by atoms with van der Waals surface area (Å²) in [6.45, 7) is 24.2. The number of nitrogens with one attached hydrogen (secondary N) is 2. The van der Waals surface area contributed by atoms with Crippen molar-refractivity contribution in [1.82, 2.24) is 10.6 Å². The Morgan fingerprint density at radius 1 is 0.590 bits per heavy atom. The minimum absolute atomic E-state index is 0.000430. The molecule has 0 saturated carbocycles. The summed E-state index contributed by atoms with van der Waals surface area (Å²) in [4.78, 5) is 49.2. The van der Waals surface area contributed by atoms with Crippen LogP contribution in [0.5, 0.6) is 23.0 Å². The molecule has 0 unspecified atom stereocenters. The van der Waals surface area contributed by atoms with Crippen molar-refractivity contribution >= 4 is 23.6 Å². The summed E-state index contributed by atoms with van der Waals surface area (Å²) in [6.07, 6.45) is 1.45. The smallest absolute Gasteiger partial charge is 0.224 e. The van der Waals surface area contributed by atoms with Gasteiger partial charge in [0, 0.05) is 77.3 Å². The van der Waals surface area contributed by atoms with Crippen molar-refractivity contribution in [2.24, 2.45) is 81.1 Å². The lowest BCUT2D eigenvalue weighted by molar-refractivity contribution is -0.131. The highest BCUT2D eigenvalue weighted by molar-refractivity contribution is 5.83. The molecule has 0 aliphatic carbocycles. The van der Waals surface area contributed by atoms with E-state index in [9.17, 15) is 29.4 Å². The third-order valence-electron chi connectivity index (χ3n) is 14.6. The zero-order valence-electron chi connectivity index (χ0n) is 55.8. The molecule has 4 amide bonds. The summed E-state index contributed by atoms with van der Waals surface area (Å²) in [5, 5.41) is 27.7. The number of hydrogen-bond acceptors (Lipinski definition) is 14. The Morgan fingerprint density at radius 3 is 1.41 bits per heavy atom. The van der Waals surface area contributed by atoms with Crippen LogP contribution in [0.4, 0.5) is 0 Å². The van der Waals surface area contributed by atoms with Crippen LogP contribution in [0.15, 0.2) is 36.3 Å². The summed E-state index contributed by atoms with van der Waals surface area (Å²) in [7, 11) is 1.96. The molecule has 2 aromatic carbocycles. The van der Waals surface area contributed by atoms with Gasteiger partial charge in [-0.25, -0.2) is 0 Å². The highest BCUT2D eigenvalue weighted by Gasteiger charge is 2.34. The summed E-state index contributed by atoms with van der Waals surface area (Å²) in [5.41, 5.74) is 23.3. The zero-order chi connectivity index (χ0) is 64.6. The topological polar surface area (TPSA) is 292 Å². The Balaban J connectivity index is 0.000000840. The summed E-state index contributed by atoms with van der Waals surface area (Å²) >= 11 is 0. The van der Waals surface area contributed by atoms with Crippen LogP contribution in [-0.4, -0.2) is 126 Å². The van der Waals surface area contributed by atoms with E-state index in [1.165, 1.54) is 7.11 Å². The van der Waals surface area contributed by atoms with Gasteiger partial charge in [0.25, 0.3) is 0 Å². The average Bonchev–Trinajstić information content (AvgIpc) is 3.57. The Labute approximate surface area is 477 Å². The maximum atomic E-state index is 13.0. The highest BCUT2D eigenvalue weighted by Crippen LogP contribution is 2.34. The fourth-order valence-corrected chi connectivity index (χ4v) is 8.45. The lowest BCUT2D eigenvalue weighted by Crippen LogP contribution is -2.46. The van der Waals surface area contributed by atoms with Gasteiger partial charge < -0.3 is 72.2 Å². The maximum Gasteiger partial charge on any atom is 0.224 e. The number of rotatable bonds is 38. The third kappa shape index (κ3) is 25.6. The molecule has 0 aliphatic rings. The van der Waals surface area contributed by atoms with E-state index in [-0.39, 0.29) is 122 Å². The predicted molar refractivity (Wildman–Crippen MR) is 309 cm³/mol. The zero-order valence-corrected chi connectivity index (χ0v) is 49.8. The van der Waals surface area contributed by atoms with Gasteiger partial charge in [-0.1, -0.05) is 67.5 Å². The minimum atomic E-state index is -2.61. The van der Waals surface area contributed by atoms with Gasteiger partial charge in [0.15, 0.2) is 23.0 Å². The van der Waals surface area contributed by atoms with E-state index in [0.717, 1.165) is 5.56 Å². The van der Waals surface area contributed by atoms with Crippen LogP contribution in [0.25, 0.3) is 0 Å². The van der Waals surface area contributed by atoms with Gasteiger partial charge in [-0.3, -0.25) is 19.2 Å². The van der Waals surface area contributed by atoms with E-state index < -0.39 is 65.8 Å². The second-order valence-corrected chi connectivity index (χ2v) is 23.4. The number of aliphatic hydroxyl groups excluding tert-OH is 2. The van der Waals surface area contributed by atoms with Crippen LogP contribution in [-0.2, 0) is 41.5 Å². The molecule has 18 heteroatoms. The third-order valence-corrected chi connectivity index (χ3v) is 14.6. The first-order valence-electron chi connectivity index (χ1n) is 30.6. The van der Waals surface area contributed by atoms with Crippen LogP contribution in [0.1, 0.15) is 141 Å². The molecule has 0 saturated heterocycles. The van der Waals surface area contributed by atoms with Gasteiger partial charge in [-0.2, -0.15) is 0 Å². The number of ether oxygens (including phenoxy) is 6. The monoisotopic (exact) mass is 1110 g/mol. The van der Waals surface area contributed by atoms with Crippen molar-refractivity contribution in [3.63, 3.8) is 0 Å². The van der Waals surface area contributed by atoms with E-state index in [2.05, 4.69) is 24.5 Å². The SMILES string of the molecule is [2H]C([2H])([2H])Oc1ccc(C[C@@H](C[C@H](N)[C@@H](O)C[C@H](C(=O)NCC(C)(C)C(N)=O)C(C)C)C(C)C)cc1OCCCOC.[2H]c1c([2H])c(OC)c(OCCCOC)c([2H])c1C[C@@H](C[C@H](N)[C@@H](O)C[C@H](C(=O)NCC(C)(C)C(N)=O)C(C)C)C(C)C. The fourth-order valence-electron chi connectivity index (χ4n) is 8.45. The highest BCUT2D eigenvalue weighted by atomic mass is 16.5. The molecular weight excluding hydrogens is 997 g/mol. The van der Waals surface area contributed by atoms with Crippen molar-refractivity contribution in [2.75, 3.05) is 67.9 Å². The molecule has 78 heavy (non-hydrogen) atoms. The number of primary amides is 2. The maximum absolute atomic E-state index is 13.0. The lowest BCUT2D eigenvalue weighted by atomic mass is 9.80. The first kappa shape index (κ1) is 60.9. The van der Waals surface area contributed by atoms with Crippen molar-refractivity contribution < 1.29 is 66.0 Å². The van der Waals surface area contributed by atoms with E-state index in [4.69, 9.17) is 59.6 Å². The number of carbonyl (C=O) groups is 4. The van der Waals surface area contributed by atoms with Gasteiger partial charge in [-0.15, -0.1) is 0 Å². The van der Waals surface area contributed by atoms with Crippen molar-refractivity contribution in [3.8, 4) is 23.0 Å². The van der Waals surface area contributed by atoms with Crippen LogP contribution in [0.3, 0.4) is 0 Å². The molecule has 0 aromatic heterocycles. The molecule has 2 aromatic rings. The van der Waals surface area contributed by atoms with Crippen LogP contribution < -0.4 is 52.5 Å². The van der Waals surface area contributed by atoms with E-state index in [0.29, 0.717) is 63.2 Å². The van der Waals surface area contributed by atoms with Crippen LogP contribution in [0, 0.1) is 58.2 Å². The lowest BCUT2D eigenvalue weighted by Gasteiger charge is -2.30. The fraction of sp³-hybridized carbons (Fsp3) is 0.733. The molecule has 448 valence electrons.